The number of benzene rings is 1. The van der Waals surface area contributed by atoms with Crippen LogP contribution < -0.4 is 5.32 Å². The van der Waals surface area contributed by atoms with Crippen molar-refractivity contribution in [2.24, 2.45) is 5.92 Å². The number of ether oxygens (including phenoxy) is 1. The van der Waals surface area contributed by atoms with Gasteiger partial charge in [0.1, 0.15) is 6.54 Å². The van der Waals surface area contributed by atoms with Crippen molar-refractivity contribution in [2.45, 2.75) is 25.4 Å². The quantitative estimate of drug-likeness (QED) is 0.769. The number of pyridine rings is 1. The Kier molecular flexibility index (Phi) is 4.97. The maximum atomic E-state index is 12.8. The fourth-order valence-electron chi connectivity index (χ4n) is 3.73. The number of fused-ring (bicyclic) bond motifs is 1. The third kappa shape index (κ3) is 3.63. The number of hydrogen-bond donors (Lipinski definition) is 1. The lowest BCUT2D eigenvalue weighted by atomic mass is 9.87. The van der Waals surface area contributed by atoms with Crippen LogP contribution in [-0.2, 0) is 16.1 Å². The van der Waals surface area contributed by atoms with Gasteiger partial charge in [-0.25, -0.2) is 0 Å². The van der Waals surface area contributed by atoms with Gasteiger partial charge in [0, 0.05) is 37.3 Å². The van der Waals surface area contributed by atoms with Crippen molar-refractivity contribution in [3.05, 3.63) is 66.6 Å². The Labute approximate surface area is 153 Å². The van der Waals surface area contributed by atoms with E-state index in [1.54, 1.807) is 6.20 Å². The lowest BCUT2D eigenvalue weighted by molar-refractivity contribution is -0.123. The van der Waals surface area contributed by atoms with E-state index in [0.29, 0.717) is 12.5 Å². The molecule has 1 amide bonds. The van der Waals surface area contributed by atoms with Gasteiger partial charge in [0.15, 0.2) is 0 Å². The first-order valence-electron chi connectivity index (χ1n) is 9.12. The molecule has 5 heteroatoms. The SMILES string of the molecule is O=C(Cn1ccc2ccccc21)NC(c1cccnc1)C1CCOCC1. The van der Waals surface area contributed by atoms with Gasteiger partial charge in [-0.3, -0.25) is 9.78 Å². The summed E-state index contributed by atoms with van der Waals surface area (Å²) in [7, 11) is 0. The first kappa shape index (κ1) is 16.8. The highest BCUT2D eigenvalue weighted by Crippen LogP contribution is 2.29. The molecule has 5 nitrogen and oxygen atoms in total. The van der Waals surface area contributed by atoms with E-state index >= 15 is 0 Å². The number of carbonyl (C=O) groups excluding carboxylic acids is 1. The zero-order chi connectivity index (χ0) is 17.8. The standard InChI is InChI=1S/C21H23N3O2/c25-20(15-24-11-7-16-4-1-2-6-19(16)24)23-21(17-8-12-26-13-9-17)18-5-3-10-22-14-18/h1-7,10-11,14,17,21H,8-9,12-13,15H2,(H,23,25). The molecule has 1 fully saturated rings. The zero-order valence-electron chi connectivity index (χ0n) is 14.7. The van der Waals surface area contributed by atoms with Crippen molar-refractivity contribution in [3.8, 4) is 0 Å². The molecular formula is C21H23N3O2. The summed E-state index contributed by atoms with van der Waals surface area (Å²) >= 11 is 0. The molecule has 3 heterocycles. The van der Waals surface area contributed by atoms with Gasteiger partial charge in [0.05, 0.1) is 6.04 Å². The molecule has 1 atom stereocenters. The Bertz CT molecular complexity index is 869. The molecule has 26 heavy (non-hydrogen) atoms. The van der Waals surface area contributed by atoms with Gasteiger partial charge < -0.3 is 14.6 Å². The van der Waals surface area contributed by atoms with E-state index in [-0.39, 0.29) is 11.9 Å². The van der Waals surface area contributed by atoms with E-state index in [9.17, 15) is 4.79 Å². The largest absolute Gasteiger partial charge is 0.381 e. The Hall–Kier alpha value is -2.66. The van der Waals surface area contributed by atoms with Crippen LogP contribution in [0.4, 0.5) is 0 Å². The molecule has 0 aliphatic carbocycles. The maximum absolute atomic E-state index is 12.8. The second-order valence-electron chi connectivity index (χ2n) is 6.78. The molecule has 1 unspecified atom stereocenters. The van der Waals surface area contributed by atoms with E-state index in [0.717, 1.165) is 42.5 Å². The molecule has 1 aromatic carbocycles. The molecule has 0 spiro atoms. The van der Waals surface area contributed by atoms with E-state index in [2.05, 4.69) is 16.4 Å². The highest BCUT2D eigenvalue weighted by Gasteiger charge is 2.27. The molecule has 1 aliphatic heterocycles. The molecule has 4 rings (SSSR count). The number of aromatic nitrogens is 2. The fraction of sp³-hybridized carbons (Fsp3) is 0.333. The maximum Gasteiger partial charge on any atom is 0.240 e. The van der Waals surface area contributed by atoms with Crippen LogP contribution in [0.1, 0.15) is 24.4 Å². The number of nitrogens with one attached hydrogen (secondary N) is 1. The van der Waals surface area contributed by atoms with Gasteiger partial charge in [-0.1, -0.05) is 24.3 Å². The van der Waals surface area contributed by atoms with E-state index < -0.39 is 0 Å². The van der Waals surface area contributed by atoms with Crippen LogP contribution in [0.25, 0.3) is 10.9 Å². The van der Waals surface area contributed by atoms with Crippen molar-refractivity contribution in [1.29, 1.82) is 0 Å². The lowest BCUT2D eigenvalue weighted by Crippen LogP contribution is -2.37. The Balaban J connectivity index is 1.52. The predicted octanol–water partition coefficient (Wildman–Crippen LogP) is 3.32. The highest BCUT2D eigenvalue weighted by molar-refractivity contribution is 5.83. The van der Waals surface area contributed by atoms with Crippen LogP contribution in [0.5, 0.6) is 0 Å². The number of hydrogen-bond acceptors (Lipinski definition) is 3. The van der Waals surface area contributed by atoms with E-state index in [1.807, 2.05) is 53.4 Å². The van der Waals surface area contributed by atoms with E-state index in [1.165, 1.54) is 0 Å². The van der Waals surface area contributed by atoms with Crippen LogP contribution in [-0.4, -0.2) is 28.7 Å². The normalized spacial score (nSPS) is 16.5. The molecular weight excluding hydrogens is 326 g/mol. The minimum atomic E-state index is -0.0260. The van der Waals surface area contributed by atoms with Crippen molar-refractivity contribution in [3.63, 3.8) is 0 Å². The summed E-state index contributed by atoms with van der Waals surface area (Å²) in [4.78, 5) is 17.0. The number of amides is 1. The minimum Gasteiger partial charge on any atom is -0.381 e. The summed E-state index contributed by atoms with van der Waals surface area (Å²) in [6.07, 6.45) is 7.49. The molecule has 3 aromatic rings. The molecule has 2 aromatic heterocycles. The highest BCUT2D eigenvalue weighted by atomic mass is 16.5. The number of carbonyl (C=O) groups is 1. The lowest BCUT2D eigenvalue weighted by Gasteiger charge is -2.31. The smallest absolute Gasteiger partial charge is 0.240 e. The summed E-state index contributed by atoms with van der Waals surface area (Å²) in [5.41, 5.74) is 2.14. The van der Waals surface area contributed by atoms with Crippen molar-refractivity contribution in [1.82, 2.24) is 14.9 Å². The van der Waals surface area contributed by atoms with Gasteiger partial charge in [0.2, 0.25) is 5.91 Å². The van der Waals surface area contributed by atoms with Gasteiger partial charge in [-0.15, -0.1) is 0 Å². The van der Waals surface area contributed by atoms with Crippen LogP contribution in [0, 0.1) is 5.92 Å². The summed E-state index contributed by atoms with van der Waals surface area (Å²) < 4.78 is 7.49. The molecule has 0 radical (unpaired) electrons. The monoisotopic (exact) mass is 349 g/mol. The average Bonchev–Trinajstić information content (AvgIpc) is 3.10. The topological polar surface area (TPSA) is 56.2 Å². The van der Waals surface area contributed by atoms with Gasteiger partial charge >= 0.3 is 0 Å². The van der Waals surface area contributed by atoms with Crippen LogP contribution in [0.15, 0.2) is 61.1 Å². The molecule has 1 saturated heterocycles. The second kappa shape index (κ2) is 7.70. The molecule has 134 valence electrons. The van der Waals surface area contributed by atoms with Crippen LogP contribution in [0.2, 0.25) is 0 Å². The van der Waals surface area contributed by atoms with Gasteiger partial charge in [-0.05, 0) is 47.9 Å². The third-order valence-corrected chi connectivity index (χ3v) is 5.09. The second-order valence-corrected chi connectivity index (χ2v) is 6.78. The minimum absolute atomic E-state index is 0.0201. The van der Waals surface area contributed by atoms with Crippen LogP contribution in [0.3, 0.4) is 0 Å². The number of nitrogens with zero attached hydrogens (tertiary/aromatic N) is 2. The summed E-state index contributed by atoms with van der Waals surface area (Å²) in [6.45, 7) is 1.81. The van der Waals surface area contributed by atoms with Crippen molar-refractivity contribution >= 4 is 16.8 Å². The summed E-state index contributed by atoms with van der Waals surface area (Å²) in [5, 5.41) is 4.40. The molecule has 1 N–H and O–H groups in total. The van der Waals surface area contributed by atoms with Gasteiger partial charge in [0.25, 0.3) is 0 Å². The first-order chi connectivity index (χ1) is 12.8. The Morgan fingerprint density at radius 2 is 2.04 bits per heavy atom. The van der Waals surface area contributed by atoms with Gasteiger partial charge in [-0.2, -0.15) is 0 Å². The molecule has 0 bridgehead atoms. The Morgan fingerprint density at radius 3 is 2.85 bits per heavy atom. The molecule has 0 saturated carbocycles. The van der Waals surface area contributed by atoms with E-state index in [4.69, 9.17) is 4.74 Å². The summed E-state index contributed by atoms with van der Waals surface area (Å²) in [6, 6.07) is 14.1. The predicted molar refractivity (Wildman–Crippen MR) is 101 cm³/mol. The third-order valence-electron chi connectivity index (χ3n) is 5.09. The van der Waals surface area contributed by atoms with Crippen molar-refractivity contribution in [2.75, 3.05) is 13.2 Å². The molecule has 1 aliphatic rings. The summed E-state index contributed by atoms with van der Waals surface area (Å²) in [5.74, 6) is 0.394. The fourth-order valence-corrected chi connectivity index (χ4v) is 3.73. The number of para-hydroxylation sites is 1. The average molecular weight is 349 g/mol. The van der Waals surface area contributed by atoms with Crippen LogP contribution >= 0.6 is 0 Å². The first-order valence-corrected chi connectivity index (χ1v) is 9.12. The zero-order valence-corrected chi connectivity index (χ0v) is 14.7. The Morgan fingerprint density at radius 1 is 1.19 bits per heavy atom. The van der Waals surface area contributed by atoms with Crippen molar-refractivity contribution < 1.29 is 9.53 Å². The number of rotatable bonds is 5.